The zero-order chi connectivity index (χ0) is 6.69. The summed E-state index contributed by atoms with van der Waals surface area (Å²) in [6.07, 6.45) is 0. The van der Waals surface area contributed by atoms with Crippen molar-refractivity contribution in [1.29, 1.82) is 0 Å². The summed E-state index contributed by atoms with van der Waals surface area (Å²) in [5, 5.41) is 1.70. The molecule has 0 unspecified atom stereocenters. The summed E-state index contributed by atoms with van der Waals surface area (Å²) >= 11 is 4.78. The van der Waals surface area contributed by atoms with Gasteiger partial charge in [0.05, 0.1) is 0 Å². The normalized spacial score (nSPS) is 9.00. The molecule has 0 bridgehead atoms. The van der Waals surface area contributed by atoms with Crippen LogP contribution in [0.25, 0.3) is 0 Å². The van der Waals surface area contributed by atoms with E-state index in [1.807, 2.05) is 18.2 Å². The Balaban J connectivity index is 3.15. The Hall–Kier alpha value is -0.690. The molecule has 1 rings (SSSR count). The van der Waals surface area contributed by atoms with Crippen LogP contribution in [0.1, 0.15) is 11.1 Å². The molecule has 0 saturated carbocycles. The largest absolute Gasteiger partial charge is 0.0881 e. The van der Waals surface area contributed by atoms with Crippen molar-refractivity contribution in [2.75, 3.05) is 0 Å². The summed E-state index contributed by atoms with van der Waals surface area (Å²) in [4.78, 5) is 0. The fourth-order valence-electron chi connectivity index (χ4n) is 0.719. The molecule has 0 saturated heterocycles. The van der Waals surface area contributed by atoms with E-state index in [1.165, 1.54) is 5.56 Å². The molecule has 1 aromatic carbocycles. The van der Waals surface area contributed by atoms with Gasteiger partial charge < -0.3 is 0 Å². The zero-order valence-corrected chi connectivity index (χ0v) is 6.11. The molecule has 0 aliphatic heterocycles. The fraction of sp³-hybridized carbons (Fsp3) is 0.125. The van der Waals surface area contributed by atoms with Gasteiger partial charge in [0.2, 0.25) is 0 Å². The number of aryl methyl sites for hydroxylation is 1. The molecule has 1 aromatic rings. The van der Waals surface area contributed by atoms with E-state index in [2.05, 4.69) is 13.0 Å². The molecule has 0 atom stereocenters. The first kappa shape index (κ1) is 6.43. The maximum absolute atomic E-state index is 4.78. The minimum atomic E-state index is 1.15. The second-order valence-corrected chi connectivity index (χ2v) is 2.21. The first-order valence-electron chi connectivity index (χ1n) is 2.85. The van der Waals surface area contributed by atoms with Crippen LogP contribution in [-0.4, -0.2) is 5.37 Å². The average molecular weight is 136 g/mol. The Morgan fingerprint density at radius 2 is 2.00 bits per heavy atom. The minimum absolute atomic E-state index is 1.15. The molecule has 0 spiro atoms. The van der Waals surface area contributed by atoms with Crippen molar-refractivity contribution >= 4 is 17.6 Å². The van der Waals surface area contributed by atoms with Crippen molar-refractivity contribution in [3.8, 4) is 0 Å². The van der Waals surface area contributed by atoms with Gasteiger partial charge in [-0.1, -0.05) is 36.5 Å². The molecule has 46 valence electrons. The summed E-state index contributed by atoms with van der Waals surface area (Å²) in [6, 6.07) is 8.07. The highest BCUT2D eigenvalue weighted by Crippen LogP contribution is 2.02. The van der Waals surface area contributed by atoms with Crippen molar-refractivity contribution in [2.45, 2.75) is 6.92 Å². The van der Waals surface area contributed by atoms with Gasteiger partial charge in [-0.15, -0.1) is 0 Å². The van der Waals surface area contributed by atoms with Gasteiger partial charge in [0, 0.05) is 5.37 Å². The fourth-order valence-corrected chi connectivity index (χ4v) is 0.983. The van der Waals surface area contributed by atoms with E-state index in [4.69, 9.17) is 12.2 Å². The second-order valence-electron chi connectivity index (χ2n) is 1.97. The topological polar surface area (TPSA) is 0 Å². The standard InChI is InChI=1S/C8H8S/c1-7-4-2-3-5-8(7)6-9/h2-6H,1H3. The van der Waals surface area contributed by atoms with Crippen LogP contribution in [0.5, 0.6) is 0 Å². The van der Waals surface area contributed by atoms with Gasteiger partial charge in [0.25, 0.3) is 0 Å². The molecule has 9 heavy (non-hydrogen) atoms. The Morgan fingerprint density at radius 1 is 1.33 bits per heavy atom. The average Bonchev–Trinajstić information content (AvgIpc) is 1.89. The highest BCUT2D eigenvalue weighted by Gasteiger charge is 1.87. The number of hydrogen-bond donors (Lipinski definition) is 0. The Labute approximate surface area is 60.5 Å². The molecule has 0 radical (unpaired) electrons. The molecule has 1 heteroatoms. The lowest BCUT2D eigenvalue weighted by molar-refractivity contribution is 1.46. The van der Waals surface area contributed by atoms with Gasteiger partial charge >= 0.3 is 0 Å². The van der Waals surface area contributed by atoms with Crippen molar-refractivity contribution in [3.63, 3.8) is 0 Å². The maximum atomic E-state index is 4.78. The monoisotopic (exact) mass is 136 g/mol. The first-order valence-corrected chi connectivity index (χ1v) is 3.32. The number of rotatable bonds is 1. The van der Waals surface area contributed by atoms with E-state index < -0.39 is 0 Å². The predicted octanol–water partition coefficient (Wildman–Crippen LogP) is 2.34. The lowest BCUT2D eigenvalue weighted by Gasteiger charge is -1.94. The van der Waals surface area contributed by atoms with Crippen LogP contribution < -0.4 is 0 Å². The van der Waals surface area contributed by atoms with Crippen LogP contribution in [0.15, 0.2) is 24.3 Å². The summed E-state index contributed by atoms with van der Waals surface area (Å²) in [6.45, 7) is 2.05. The van der Waals surface area contributed by atoms with Crippen LogP contribution in [0, 0.1) is 6.92 Å². The lowest BCUT2D eigenvalue weighted by atomic mass is 10.1. The van der Waals surface area contributed by atoms with Gasteiger partial charge in [-0.05, 0) is 18.1 Å². The van der Waals surface area contributed by atoms with Crippen molar-refractivity contribution in [1.82, 2.24) is 0 Å². The number of benzene rings is 1. The highest BCUT2D eigenvalue weighted by molar-refractivity contribution is 7.79. The second kappa shape index (κ2) is 2.74. The summed E-state index contributed by atoms with van der Waals surface area (Å²) in [5.74, 6) is 0. The van der Waals surface area contributed by atoms with Gasteiger partial charge in [-0.2, -0.15) is 0 Å². The molecule has 0 N–H and O–H groups in total. The molecule has 0 fully saturated rings. The Morgan fingerprint density at radius 3 is 2.44 bits per heavy atom. The number of hydrogen-bond acceptors (Lipinski definition) is 1. The van der Waals surface area contributed by atoms with E-state index in [0.717, 1.165) is 5.56 Å². The summed E-state index contributed by atoms with van der Waals surface area (Å²) in [5.41, 5.74) is 2.39. The van der Waals surface area contributed by atoms with E-state index in [1.54, 1.807) is 5.37 Å². The van der Waals surface area contributed by atoms with Gasteiger partial charge in [-0.3, -0.25) is 0 Å². The van der Waals surface area contributed by atoms with E-state index in [0.29, 0.717) is 0 Å². The zero-order valence-electron chi connectivity index (χ0n) is 5.29. The maximum Gasteiger partial charge on any atom is 0.00887 e. The number of thiocarbonyl (C=S) groups is 1. The highest BCUT2D eigenvalue weighted by atomic mass is 32.1. The lowest BCUT2D eigenvalue weighted by Crippen LogP contribution is -1.81. The third-order valence-corrected chi connectivity index (χ3v) is 1.57. The molecular formula is C8H8S. The molecule has 0 nitrogen and oxygen atoms in total. The SMILES string of the molecule is Cc1ccccc1C=S. The van der Waals surface area contributed by atoms with E-state index in [-0.39, 0.29) is 0 Å². The third-order valence-electron chi connectivity index (χ3n) is 1.32. The first-order chi connectivity index (χ1) is 4.34. The Bertz CT molecular complexity index is 216. The molecule has 0 aromatic heterocycles. The van der Waals surface area contributed by atoms with Crippen LogP contribution >= 0.6 is 12.2 Å². The van der Waals surface area contributed by atoms with Crippen molar-refractivity contribution in [3.05, 3.63) is 35.4 Å². The van der Waals surface area contributed by atoms with Crippen molar-refractivity contribution in [2.24, 2.45) is 0 Å². The minimum Gasteiger partial charge on any atom is -0.0881 e. The van der Waals surface area contributed by atoms with Gasteiger partial charge in [-0.25, -0.2) is 0 Å². The predicted molar refractivity (Wildman–Crippen MR) is 43.9 cm³/mol. The van der Waals surface area contributed by atoms with E-state index >= 15 is 0 Å². The molecule has 0 amide bonds. The summed E-state index contributed by atoms with van der Waals surface area (Å²) < 4.78 is 0. The quantitative estimate of drug-likeness (QED) is 0.534. The van der Waals surface area contributed by atoms with E-state index in [9.17, 15) is 0 Å². The van der Waals surface area contributed by atoms with Crippen LogP contribution in [-0.2, 0) is 0 Å². The summed E-state index contributed by atoms with van der Waals surface area (Å²) in [7, 11) is 0. The van der Waals surface area contributed by atoms with Crippen LogP contribution in [0.3, 0.4) is 0 Å². The van der Waals surface area contributed by atoms with Crippen LogP contribution in [0.2, 0.25) is 0 Å². The third kappa shape index (κ3) is 1.36. The van der Waals surface area contributed by atoms with Crippen molar-refractivity contribution < 1.29 is 0 Å². The van der Waals surface area contributed by atoms with Crippen LogP contribution in [0.4, 0.5) is 0 Å². The smallest absolute Gasteiger partial charge is 0.00887 e. The van der Waals surface area contributed by atoms with Gasteiger partial charge in [0.15, 0.2) is 0 Å². The molecule has 0 aliphatic rings. The molecular weight excluding hydrogens is 128 g/mol. The Kier molecular flexibility index (Phi) is 1.96. The van der Waals surface area contributed by atoms with Gasteiger partial charge in [0.1, 0.15) is 0 Å². The molecule has 0 heterocycles. The molecule has 0 aliphatic carbocycles.